The Kier molecular flexibility index (Phi) is 19.8. The first kappa shape index (κ1) is 35.0. The van der Waals surface area contributed by atoms with Gasteiger partial charge in [0.1, 0.15) is 11.5 Å². The number of hydrogen-bond acceptors (Lipinski definition) is 4. The van der Waals surface area contributed by atoms with Gasteiger partial charge in [-0.2, -0.15) is 0 Å². The second kappa shape index (κ2) is 21.0. The summed E-state index contributed by atoms with van der Waals surface area (Å²) in [5.41, 5.74) is 3.25. The molecular weight excluding hydrogens is 503 g/mol. The molecular formula is C31H48Cl2N2O2. The second-order valence-corrected chi connectivity index (χ2v) is 9.96. The van der Waals surface area contributed by atoms with Crippen molar-refractivity contribution >= 4 is 35.6 Å². The molecule has 1 unspecified atom stereocenters. The maximum Gasteiger partial charge on any atom is 0.127 e. The first-order valence-corrected chi connectivity index (χ1v) is 14.5. The van der Waals surface area contributed by atoms with Crippen LogP contribution < -0.4 is 0 Å². The van der Waals surface area contributed by atoms with Crippen molar-refractivity contribution < 1.29 is 10.2 Å². The number of aliphatic imine (C=N–C) groups is 2. The van der Waals surface area contributed by atoms with Gasteiger partial charge in [-0.1, -0.05) is 77.1 Å². The number of phenols is 2. The monoisotopic (exact) mass is 550 g/mol. The Morgan fingerprint density at radius 1 is 0.757 bits per heavy atom. The SMILES string of the molecule is CCC.CCCCc1cc(Cl)cc(C=NC(C)CC)c1O.CCCCc1cc(Cl)cc(C=NCC)c1O. The minimum Gasteiger partial charge on any atom is -0.507 e. The number of unbranched alkanes of at least 4 members (excludes halogenated alkanes) is 2. The van der Waals surface area contributed by atoms with E-state index in [1.54, 1.807) is 24.6 Å². The maximum absolute atomic E-state index is 10.2. The zero-order valence-electron chi connectivity index (χ0n) is 24.0. The molecule has 0 bridgehead atoms. The van der Waals surface area contributed by atoms with Crippen LogP contribution in [-0.2, 0) is 12.8 Å². The summed E-state index contributed by atoms with van der Waals surface area (Å²) in [7, 11) is 0. The van der Waals surface area contributed by atoms with E-state index in [-0.39, 0.29) is 6.04 Å². The topological polar surface area (TPSA) is 65.2 Å². The minimum atomic E-state index is 0.266. The molecule has 37 heavy (non-hydrogen) atoms. The summed E-state index contributed by atoms with van der Waals surface area (Å²) in [6.07, 6.45) is 11.7. The largest absolute Gasteiger partial charge is 0.507 e. The van der Waals surface area contributed by atoms with Crippen molar-refractivity contribution in [2.24, 2.45) is 9.98 Å². The van der Waals surface area contributed by atoms with Crippen molar-refractivity contribution in [1.82, 2.24) is 0 Å². The van der Waals surface area contributed by atoms with Gasteiger partial charge in [0.25, 0.3) is 0 Å². The Balaban J connectivity index is 0.000000637. The van der Waals surface area contributed by atoms with Gasteiger partial charge in [-0.25, -0.2) is 0 Å². The predicted octanol–water partition coefficient (Wildman–Crippen LogP) is 9.85. The van der Waals surface area contributed by atoms with Crippen molar-refractivity contribution in [3.05, 3.63) is 56.6 Å². The normalized spacial score (nSPS) is 11.7. The van der Waals surface area contributed by atoms with Crippen LogP contribution in [0.3, 0.4) is 0 Å². The molecule has 0 aliphatic heterocycles. The molecule has 208 valence electrons. The van der Waals surface area contributed by atoms with Gasteiger partial charge in [0.15, 0.2) is 0 Å². The van der Waals surface area contributed by atoms with Crippen LogP contribution >= 0.6 is 23.2 Å². The van der Waals surface area contributed by atoms with Crippen molar-refractivity contribution in [2.45, 2.75) is 106 Å². The molecule has 0 aliphatic rings. The highest BCUT2D eigenvalue weighted by molar-refractivity contribution is 6.31. The van der Waals surface area contributed by atoms with Gasteiger partial charge in [-0.05, 0) is 81.3 Å². The molecule has 2 rings (SSSR count). The van der Waals surface area contributed by atoms with Gasteiger partial charge in [0.05, 0.1) is 0 Å². The third-order valence-corrected chi connectivity index (χ3v) is 5.87. The van der Waals surface area contributed by atoms with Crippen molar-refractivity contribution in [2.75, 3.05) is 6.54 Å². The molecule has 0 fully saturated rings. The summed E-state index contributed by atoms with van der Waals surface area (Å²) in [6.45, 7) is 15.3. The Hall–Kier alpha value is -2.04. The fourth-order valence-corrected chi connectivity index (χ4v) is 3.67. The summed E-state index contributed by atoms with van der Waals surface area (Å²) in [4.78, 5) is 8.51. The first-order valence-electron chi connectivity index (χ1n) is 13.7. The molecule has 0 saturated carbocycles. The van der Waals surface area contributed by atoms with Crippen molar-refractivity contribution in [3.8, 4) is 11.5 Å². The van der Waals surface area contributed by atoms with Gasteiger partial charge >= 0.3 is 0 Å². The number of aryl methyl sites for hydroxylation is 2. The van der Waals surface area contributed by atoms with Crippen LogP contribution in [0.5, 0.6) is 11.5 Å². The molecule has 4 nitrogen and oxygen atoms in total. The lowest BCUT2D eigenvalue weighted by Gasteiger charge is -2.08. The van der Waals surface area contributed by atoms with E-state index in [1.165, 1.54) is 6.42 Å². The number of halogens is 2. The summed E-state index contributed by atoms with van der Waals surface area (Å²) in [5, 5.41) is 21.5. The molecule has 2 aromatic rings. The van der Waals surface area contributed by atoms with Crippen LogP contribution in [0.25, 0.3) is 0 Å². The zero-order chi connectivity index (χ0) is 28.2. The van der Waals surface area contributed by atoms with E-state index in [0.717, 1.165) is 56.1 Å². The minimum absolute atomic E-state index is 0.266. The molecule has 0 aromatic heterocycles. The average Bonchev–Trinajstić information content (AvgIpc) is 2.88. The Bertz CT molecular complexity index is 959. The quantitative estimate of drug-likeness (QED) is 0.273. The third-order valence-electron chi connectivity index (χ3n) is 5.44. The highest BCUT2D eigenvalue weighted by Crippen LogP contribution is 2.28. The highest BCUT2D eigenvalue weighted by Gasteiger charge is 2.09. The molecule has 0 radical (unpaired) electrons. The van der Waals surface area contributed by atoms with Gasteiger partial charge in [0.2, 0.25) is 0 Å². The van der Waals surface area contributed by atoms with E-state index in [1.807, 2.05) is 19.1 Å². The molecule has 0 saturated heterocycles. The molecule has 0 aliphatic carbocycles. The van der Waals surface area contributed by atoms with Gasteiger partial charge in [-0.3, -0.25) is 9.98 Å². The smallest absolute Gasteiger partial charge is 0.127 e. The van der Waals surface area contributed by atoms with Gasteiger partial charge < -0.3 is 10.2 Å². The third kappa shape index (κ3) is 14.5. The molecule has 0 heterocycles. The molecule has 1 atom stereocenters. The first-order chi connectivity index (χ1) is 17.7. The van der Waals surface area contributed by atoms with Crippen molar-refractivity contribution in [1.29, 1.82) is 0 Å². The van der Waals surface area contributed by atoms with Gasteiger partial charge in [0, 0.05) is 46.2 Å². The predicted molar refractivity (Wildman–Crippen MR) is 165 cm³/mol. The van der Waals surface area contributed by atoms with Crippen LogP contribution in [0, 0.1) is 0 Å². The summed E-state index contributed by atoms with van der Waals surface area (Å²) in [5.74, 6) is 0.634. The van der Waals surface area contributed by atoms with Crippen LogP contribution in [0.15, 0.2) is 34.3 Å². The number of aromatic hydroxyl groups is 2. The van der Waals surface area contributed by atoms with E-state index >= 15 is 0 Å². The molecule has 0 amide bonds. The van der Waals surface area contributed by atoms with E-state index in [4.69, 9.17) is 23.2 Å². The maximum atomic E-state index is 10.2. The van der Waals surface area contributed by atoms with Gasteiger partial charge in [-0.15, -0.1) is 0 Å². The van der Waals surface area contributed by atoms with Crippen LogP contribution in [0.4, 0.5) is 0 Å². The lowest BCUT2D eigenvalue weighted by atomic mass is 10.0. The fourth-order valence-electron chi connectivity index (χ4n) is 3.17. The number of nitrogens with zero attached hydrogens (tertiary/aromatic N) is 2. The zero-order valence-corrected chi connectivity index (χ0v) is 25.5. The van der Waals surface area contributed by atoms with E-state index < -0.39 is 0 Å². The summed E-state index contributed by atoms with van der Waals surface area (Å²) < 4.78 is 0. The summed E-state index contributed by atoms with van der Waals surface area (Å²) in [6, 6.07) is 7.44. The number of hydrogen-bond donors (Lipinski definition) is 2. The van der Waals surface area contributed by atoms with Crippen LogP contribution in [-0.4, -0.2) is 35.2 Å². The van der Waals surface area contributed by atoms with Crippen molar-refractivity contribution in [3.63, 3.8) is 0 Å². The van der Waals surface area contributed by atoms with E-state index in [9.17, 15) is 10.2 Å². The Morgan fingerprint density at radius 3 is 1.57 bits per heavy atom. The molecule has 2 N–H and O–H groups in total. The number of benzene rings is 2. The van der Waals surface area contributed by atoms with Crippen LogP contribution in [0.1, 0.15) is 109 Å². The lowest BCUT2D eigenvalue weighted by Crippen LogP contribution is -1.97. The number of phenolic OH excluding ortho intramolecular Hbond substituents is 2. The number of rotatable bonds is 11. The highest BCUT2D eigenvalue weighted by atomic mass is 35.5. The lowest BCUT2D eigenvalue weighted by molar-refractivity contribution is 0.465. The standard InChI is InChI=1S/C15H22ClNO.C13H18ClNO.C3H8/c1-4-6-7-12-8-14(16)9-13(15(12)18)10-17-11(3)5-2;1-3-5-6-10-7-12(14)8-11(13(10)16)9-15-4-2;1-3-2/h8-11,18H,4-7H2,1-3H3;7-9,16H,3-6H2,1-2H3;3H2,1-2H3. The van der Waals surface area contributed by atoms with E-state index in [0.29, 0.717) is 39.2 Å². The fraction of sp³-hybridized carbons (Fsp3) is 0.548. The summed E-state index contributed by atoms with van der Waals surface area (Å²) >= 11 is 12.1. The molecule has 2 aromatic carbocycles. The van der Waals surface area contributed by atoms with E-state index in [2.05, 4.69) is 51.5 Å². The Morgan fingerprint density at radius 2 is 1.19 bits per heavy atom. The van der Waals surface area contributed by atoms with Crippen LogP contribution in [0.2, 0.25) is 10.0 Å². The Labute approximate surface area is 235 Å². The second-order valence-electron chi connectivity index (χ2n) is 9.08. The molecule has 0 spiro atoms. The molecule has 6 heteroatoms. The average molecular weight is 552 g/mol.